The number of aliphatic imine (C=N–C) groups is 1. The number of carbonyl (C=O) groups excluding carboxylic acids is 1. The molecule has 9 heteroatoms. The van der Waals surface area contributed by atoms with Crippen molar-refractivity contribution in [2.75, 3.05) is 46.6 Å². The van der Waals surface area contributed by atoms with Crippen molar-refractivity contribution >= 4 is 36.0 Å². The molecule has 33 heavy (non-hydrogen) atoms. The zero-order chi connectivity index (χ0) is 23.2. The molecule has 0 radical (unpaired) electrons. The number of nitrogens with one attached hydrogen (secondary N) is 3. The van der Waals surface area contributed by atoms with E-state index in [0.717, 1.165) is 51.2 Å². The zero-order valence-electron chi connectivity index (χ0n) is 20.4. The van der Waals surface area contributed by atoms with Crippen molar-refractivity contribution in [3.05, 3.63) is 35.9 Å². The van der Waals surface area contributed by atoms with Crippen LogP contribution in [0.25, 0.3) is 0 Å². The summed E-state index contributed by atoms with van der Waals surface area (Å²) < 4.78 is 16.6. The number of amides is 1. The van der Waals surface area contributed by atoms with Crippen molar-refractivity contribution in [1.82, 2.24) is 16.0 Å². The molecule has 3 N–H and O–H groups in total. The van der Waals surface area contributed by atoms with Gasteiger partial charge in [0.1, 0.15) is 5.60 Å². The van der Waals surface area contributed by atoms with Gasteiger partial charge in [-0.1, -0.05) is 30.3 Å². The molecular formula is C24H41IN4O4. The summed E-state index contributed by atoms with van der Waals surface area (Å²) in [6.07, 6.45) is 2.63. The molecule has 1 aliphatic heterocycles. The predicted octanol–water partition coefficient (Wildman–Crippen LogP) is 3.87. The molecule has 0 aromatic heterocycles. The van der Waals surface area contributed by atoms with Crippen LogP contribution in [0.3, 0.4) is 0 Å². The Morgan fingerprint density at radius 2 is 1.88 bits per heavy atom. The van der Waals surface area contributed by atoms with Crippen molar-refractivity contribution in [2.24, 2.45) is 10.9 Å². The average Bonchev–Trinajstić information content (AvgIpc) is 2.77. The molecule has 1 aromatic rings. The lowest BCUT2D eigenvalue weighted by Gasteiger charge is -2.25. The van der Waals surface area contributed by atoms with E-state index in [1.54, 1.807) is 7.05 Å². The molecule has 2 rings (SSSR count). The number of guanidine groups is 1. The van der Waals surface area contributed by atoms with Crippen LogP contribution in [0.15, 0.2) is 35.3 Å². The highest BCUT2D eigenvalue weighted by Crippen LogP contribution is 2.15. The molecule has 1 saturated heterocycles. The van der Waals surface area contributed by atoms with E-state index in [-0.39, 0.29) is 30.0 Å². The van der Waals surface area contributed by atoms with Crippen molar-refractivity contribution in [3.8, 4) is 0 Å². The molecule has 1 heterocycles. The Labute approximate surface area is 215 Å². The van der Waals surface area contributed by atoms with Crippen LogP contribution in [-0.2, 0) is 14.2 Å². The second-order valence-corrected chi connectivity index (χ2v) is 8.97. The lowest BCUT2D eigenvalue weighted by atomic mass is 10.0. The van der Waals surface area contributed by atoms with E-state index in [2.05, 4.69) is 20.9 Å². The van der Waals surface area contributed by atoms with Gasteiger partial charge in [-0.25, -0.2) is 4.79 Å². The third-order valence-electron chi connectivity index (χ3n) is 5.04. The van der Waals surface area contributed by atoms with Crippen LogP contribution >= 0.6 is 24.0 Å². The fraction of sp³-hybridized carbons (Fsp3) is 0.667. The third kappa shape index (κ3) is 13.0. The molecule has 0 saturated carbocycles. The second-order valence-electron chi connectivity index (χ2n) is 8.97. The zero-order valence-corrected chi connectivity index (χ0v) is 22.7. The van der Waals surface area contributed by atoms with Crippen molar-refractivity contribution in [1.29, 1.82) is 0 Å². The van der Waals surface area contributed by atoms with Gasteiger partial charge in [-0.05, 0) is 51.5 Å². The maximum atomic E-state index is 12.3. The molecule has 1 atom stereocenters. The minimum Gasteiger partial charge on any atom is -0.444 e. The van der Waals surface area contributed by atoms with E-state index in [1.165, 1.54) is 0 Å². The van der Waals surface area contributed by atoms with Gasteiger partial charge in [0.05, 0.1) is 6.04 Å². The maximum Gasteiger partial charge on any atom is 0.408 e. The monoisotopic (exact) mass is 576 g/mol. The number of rotatable bonds is 10. The number of benzene rings is 1. The highest BCUT2D eigenvalue weighted by atomic mass is 127. The van der Waals surface area contributed by atoms with Crippen molar-refractivity contribution in [2.45, 2.75) is 51.7 Å². The lowest BCUT2D eigenvalue weighted by Crippen LogP contribution is -2.44. The summed E-state index contributed by atoms with van der Waals surface area (Å²) >= 11 is 0. The van der Waals surface area contributed by atoms with E-state index in [0.29, 0.717) is 25.0 Å². The Balaban J connectivity index is 0.00000544. The minimum absolute atomic E-state index is 0. The fourth-order valence-corrected chi connectivity index (χ4v) is 3.35. The lowest BCUT2D eigenvalue weighted by molar-refractivity contribution is 0.0203. The smallest absolute Gasteiger partial charge is 0.408 e. The number of hydrogen-bond acceptors (Lipinski definition) is 5. The number of nitrogens with zero attached hydrogens (tertiary/aromatic N) is 1. The minimum atomic E-state index is -0.552. The predicted molar refractivity (Wildman–Crippen MR) is 142 cm³/mol. The molecule has 0 spiro atoms. The molecule has 0 aliphatic carbocycles. The average molecular weight is 577 g/mol. The topological polar surface area (TPSA) is 93.2 Å². The molecule has 1 aromatic carbocycles. The number of ether oxygens (including phenoxy) is 3. The highest BCUT2D eigenvalue weighted by Gasteiger charge is 2.21. The van der Waals surface area contributed by atoms with Gasteiger partial charge in [0.15, 0.2) is 5.96 Å². The molecular weight excluding hydrogens is 535 g/mol. The van der Waals surface area contributed by atoms with Gasteiger partial charge >= 0.3 is 6.09 Å². The number of halogens is 1. The molecule has 188 valence electrons. The van der Waals surface area contributed by atoms with E-state index in [9.17, 15) is 4.79 Å². The first kappa shape index (κ1) is 29.4. The van der Waals surface area contributed by atoms with Crippen LogP contribution in [-0.4, -0.2) is 64.2 Å². The van der Waals surface area contributed by atoms with Crippen LogP contribution in [0.4, 0.5) is 4.79 Å². The van der Waals surface area contributed by atoms with Crippen molar-refractivity contribution < 1.29 is 19.0 Å². The van der Waals surface area contributed by atoms with Crippen LogP contribution in [0.5, 0.6) is 0 Å². The van der Waals surface area contributed by atoms with Gasteiger partial charge in [0.2, 0.25) is 0 Å². The Bertz CT molecular complexity index is 691. The van der Waals surface area contributed by atoms with E-state index < -0.39 is 11.7 Å². The Kier molecular flexibility index (Phi) is 14.4. The Hall–Kier alpha value is -1.59. The van der Waals surface area contributed by atoms with Gasteiger partial charge in [0, 0.05) is 46.6 Å². The highest BCUT2D eigenvalue weighted by molar-refractivity contribution is 14.0. The van der Waals surface area contributed by atoms with E-state index >= 15 is 0 Å². The normalized spacial score (nSPS) is 15.8. The Morgan fingerprint density at radius 1 is 1.18 bits per heavy atom. The third-order valence-corrected chi connectivity index (χ3v) is 5.04. The first-order chi connectivity index (χ1) is 15.4. The maximum absolute atomic E-state index is 12.3. The van der Waals surface area contributed by atoms with Crippen LogP contribution in [0.1, 0.15) is 51.6 Å². The number of carbonyl (C=O) groups is 1. The number of alkyl carbamates (subject to hydrolysis) is 1. The summed E-state index contributed by atoms with van der Waals surface area (Å²) in [7, 11) is 1.73. The van der Waals surface area contributed by atoms with Gasteiger partial charge < -0.3 is 30.2 Å². The second kappa shape index (κ2) is 16.1. The molecule has 0 bridgehead atoms. The quantitative estimate of drug-likeness (QED) is 0.170. The summed E-state index contributed by atoms with van der Waals surface area (Å²) in [4.78, 5) is 16.6. The summed E-state index contributed by atoms with van der Waals surface area (Å²) in [5.41, 5.74) is 0.436. The molecule has 1 amide bonds. The van der Waals surface area contributed by atoms with Gasteiger partial charge in [-0.15, -0.1) is 24.0 Å². The Morgan fingerprint density at radius 3 is 2.52 bits per heavy atom. The summed E-state index contributed by atoms with van der Waals surface area (Å²) in [6, 6.07) is 9.56. The van der Waals surface area contributed by atoms with Crippen LogP contribution in [0, 0.1) is 5.92 Å². The fourth-order valence-electron chi connectivity index (χ4n) is 3.35. The first-order valence-corrected chi connectivity index (χ1v) is 11.5. The molecule has 1 aliphatic rings. The molecule has 1 unspecified atom stereocenters. The first-order valence-electron chi connectivity index (χ1n) is 11.5. The van der Waals surface area contributed by atoms with Gasteiger partial charge in [-0.3, -0.25) is 4.99 Å². The van der Waals surface area contributed by atoms with E-state index in [4.69, 9.17) is 14.2 Å². The van der Waals surface area contributed by atoms with Crippen LogP contribution < -0.4 is 16.0 Å². The molecule has 8 nitrogen and oxygen atoms in total. The number of hydrogen-bond donors (Lipinski definition) is 3. The largest absolute Gasteiger partial charge is 0.444 e. The summed E-state index contributed by atoms with van der Waals surface area (Å²) in [6.45, 7) is 10.0. The van der Waals surface area contributed by atoms with Gasteiger partial charge in [-0.2, -0.15) is 0 Å². The standard InChI is InChI=1S/C24H40N4O4.HI/c1-24(2,3)32-23(29)28-21(20-9-6-5-7-10-20)17-27-22(25-4)26-13-8-14-31-18-19-11-15-30-16-12-19;/h5-7,9-10,19,21H,8,11-18H2,1-4H3,(H,28,29)(H2,25,26,27);1H. The summed E-state index contributed by atoms with van der Waals surface area (Å²) in [5, 5.41) is 9.54. The SMILES string of the molecule is CN=C(NCCCOCC1CCOCC1)NCC(NC(=O)OC(C)(C)C)c1ccccc1.I. The molecule has 1 fully saturated rings. The van der Waals surface area contributed by atoms with E-state index in [1.807, 2.05) is 51.1 Å². The van der Waals surface area contributed by atoms with Gasteiger partial charge in [0.25, 0.3) is 0 Å². The van der Waals surface area contributed by atoms with Crippen LogP contribution in [0.2, 0.25) is 0 Å². The van der Waals surface area contributed by atoms with Crippen molar-refractivity contribution in [3.63, 3.8) is 0 Å². The summed E-state index contributed by atoms with van der Waals surface area (Å²) in [5.74, 6) is 1.31.